The van der Waals surface area contributed by atoms with Gasteiger partial charge in [0, 0.05) is 12.6 Å². The number of guanidine groups is 1. The molecule has 0 aromatic rings. The molecule has 0 radical (unpaired) electrons. The van der Waals surface area contributed by atoms with Crippen molar-refractivity contribution in [1.29, 1.82) is 0 Å². The molecule has 2 fully saturated rings. The summed E-state index contributed by atoms with van der Waals surface area (Å²) in [5.74, 6) is 0.181. The number of fused-ring (bicyclic) bond motifs is 2. The van der Waals surface area contributed by atoms with E-state index in [0.717, 1.165) is 19.3 Å². The fraction of sp³-hybridized carbons (Fsp3) is 0.889. The average molecular weight is 198 g/mol. The third-order valence-corrected chi connectivity index (χ3v) is 2.85. The summed E-state index contributed by atoms with van der Waals surface area (Å²) in [4.78, 5) is 3.98. The van der Waals surface area contributed by atoms with Crippen LogP contribution in [0.25, 0.3) is 0 Å². The molecule has 14 heavy (non-hydrogen) atoms. The van der Waals surface area contributed by atoms with Gasteiger partial charge in [-0.25, -0.2) is 0 Å². The van der Waals surface area contributed by atoms with E-state index in [-0.39, 0.29) is 12.2 Å². The second-order valence-electron chi connectivity index (χ2n) is 4.02. The average Bonchev–Trinajstić information content (AvgIpc) is 2.45. The maximum Gasteiger partial charge on any atom is 0.185 e. The van der Waals surface area contributed by atoms with Crippen LogP contribution in [0.2, 0.25) is 0 Å². The largest absolute Gasteiger partial charge is 0.370 e. The molecule has 0 spiro atoms. The summed E-state index contributed by atoms with van der Waals surface area (Å²) >= 11 is 0. The first-order valence-electron chi connectivity index (χ1n) is 5.21. The van der Waals surface area contributed by atoms with E-state index in [1.54, 1.807) is 0 Å². The lowest BCUT2D eigenvalue weighted by atomic mass is 10.1. The lowest BCUT2D eigenvalue weighted by Gasteiger charge is -2.29. The molecule has 3 unspecified atom stereocenters. The van der Waals surface area contributed by atoms with Gasteiger partial charge in [-0.05, 0) is 25.7 Å². The maximum atomic E-state index is 5.66. The van der Waals surface area contributed by atoms with Crippen LogP contribution >= 0.6 is 0 Å². The molecular weight excluding hydrogens is 180 g/mol. The molecule has 0 amide bonds. The molecular formula is C9H18N4O. The van der Waals surface area contributed by atoms with Gasteiger partial charge in [0.05, 0.1) is 6.10 Å². The fourth-order valence-corrected chi connectivity index (χ4v) is 2.20. The minimum atomic E-state index is 0.181. The molecule has 5 nitrogen and oxygen atoms in total. The Morgan fingerprint density at radius 2 is 2.29 bits per heavy atom. The van der Waals surface area contributed by atoms with E-state index in [0.29, 0.717) is 18.7 Å². The Kier molecular flexibility index (Phi) is 2.88. The molecule has 2 bridgehead atoms. The first kappa shape index (κ1) is 9.73. The van der Waals surface area contributed by atoms with Crippen LogP contribution in [-0.4, -0.2) is 30.9 Å². The van der Waals surface area contributed by atoms with Crippen molar-refractivity contribution >= 4 is 5.96 Å². The Labute approximate surface area is 83.9 Å². The van der Waals surface area contributed by atoms with E-state index in [9.17, 15) is 0 Å². The summed E-state index contributed by atoms with van der Waals surface area (Å²) in [5.41, 5.74) is 10.5. The van der Waals surface area contributed by atoms with E-state index in [2.05, 4.69) is 10.3 Å². The van der Waals surface area contributed by atoms with E-state index in [1.165, 1.54) is 6.42 Å². The Balaban J connectivity index is 1.74. The van der Waals surface area contributed by atoms with Gasteiger partial charge in [0.25, 0.3) is 0 Å². The van der Waals surface area contributed by atoms with Gasteiger partial charge in [0.15, 0.2) is 5.96 Å². The third-order valence-electron chi connectivity index (χ3n) is 2.85. The van der Waals surface area contributed by atoms with Crippen molar-refractivity contribution in [3.05, 3.63) is 0 Å². The number of nitrogens with one attached hydrogen (secondary N) is 1. The minimum Gasteiger partial charge on any atom is -0.370 e. The summed E-state index contributed by atoms with van der Waals surface area (Å²) in [6, 6.07) is 0.518. The highest BCUT2D eigenvalue weighted by molar-refractivity contribution is 5.75. The molecule has 0 aliphatic carbocycles. The number of hydrogen-bond acceptors (Lipinski definition) is 3. The molecule has 80 valence electrons. The number of rotatable bonds is 3. The van der Waals surface area contributed by atoms with Crippen LogP contribution in [0, 0.1) is 0 Å². The van der Waals surface area contributed by atoms with Crippen LogP contribution in [-0.2, 0) is 4.74 Å². The molecule has 0 aromatic heterocycles. The minimum absolute atomic E-state index is 0.181. The zero-order valence-electron chi connectivity index (χ0n) is 8.28. The first-order chi connectivity index (χ1) is 6.74. The van der Waals surface area contributed by atoms with Gasteiger partial charge in [-0.3, -0.25) is 10.3 Å². The van der Waals surface area contributed by atoms with Crippen LogP contribution in [0.1, 0.15) is 25.7 Å². The Morgan fingerprint density at radius 1 is 1.43 bits per heavy atom. The molecule has 5 N–H and O–H groups in total. The Morgan fingerprint density at radius 3 is 3.00 bits per heavy atom. The number of hydrogen-bond donors (Lipinski definition) is 3. The number of nitrogens with zero attached hydrogens (tertiary/aromatic N) is 1. The zero-order valence-corrected chi connectivity index (χ0v) is 8.28. The molecule has 5 heteroatoms. The summed E-state index contributed by atoms with van der Waals surface area (Å²) in [6.07, 6.45) is 5.16. The second-order valence-corrected chi connectivity index (χ2v) is 4.02. The van der Waals surface area contributed by atoms with Crippen molar-refractivity contribution < 1.29 is 4.74 Å². The molecule has 2 heterocycles. The van der Waals surface area contributed by atoms with Crippen LogP contribution in [0.5, 0.6) is 0 Å². The van der Waals surface area contributed by atoms with Crippen molar-refractivity contribution in [2.24, 2.45) is 16.5 Å². The second kappa shape index (κ2) is 4.14. The monoisotopic (exact) mass is 198 g/mol. The highest BCUT2D eigenvalue weighted by Gasteiger charge is 2.33. The lowest BCUT2D eigenvalue weighted by molar-refractivity contribution is -0.0264. The smallest absolute Gasteiger partial charge is 0.185 e. The van der Waals surface area contributed by atoms with E-state index < -0.39 is 0 Å². The Hall–Kier alpha value is -0.810. The summed E-state index contributed by atoms with van der Waals surface area (Å²) in [6.45, 7) is 0.708. The number of ether oxygens (including phenoxy) is 1. The fourth-order valence-electron chi connectivity index (χ4n) is 2.20. The lowest BCUT2D eigenvalue weighted by Crippen LogP contribution is -2.44. The topological polar surface area (TPSA) is 85.7 Å². The van der Waals surface area contributed by atoms with Crippen molar-refractivity contribution in [3.8, 4) is 0 Å². The van der Waals surface area contributed by atoms with Gasteiger partial charge in [0.2, 0.25) is 0 Å². The van der Waals surface area contributed by atoms with Gasteiger partial charge < -0.3 is 16.2 Å². The predicted molar refractivity (Wildman–Crippen MR) is 54.7 cm³/mol. The molecule has 0 aromatic carbocycles. The number of aliphatic imine (C=N–C) groups is 1. The van der Waals surface area contributed by atoms with E-state index >= 15 is 0 Å². The summed E-state index contributed by atoms with van der Waals surface area (Å²) in [7, 11) is 0. The summed E-state index contributed by atoms with van der Waals surface area (Å²) in [5, 5.41) is 3.45. The normalized spacial score (nSPS) is 35.6. The molecule has 2 rings (SSSR count). The molecule has 0 saturated carbocycles. The van der Waals surface area contributed by atoms with Crippen molar-refractivity contribution in [2.45, 2.75) is 44.1 Å². The van der Waals surface area contributed by atoms with Crippen molar-refractivity contribution in [3.63, 3.8) is 0 Å². The molecule has 2 aliphatic heterocycles. The molecule has 2 aliphatic rings. The van der Waals surface area contributed by atoms with E-state index in [4.69, 9.17) is 16.2 Å². The van der Waals surface area contributed by atoms with E-state index in [1.807, 2.05) is 0 Å². The van der Waals surface area contributed by atoms with Crippen LogP contribution < -0.4 is 16.8 Å². The SMILES string of the molecule is NC(N)=NCCC1CC2CCC(N1)O2. The van der Waals surface area contributed by atoms with Crippen molar-refractivity contribution in [1.82, 2.24) is 5.32 Å². The predicted octanol–water partition coefficient (Wildman–Crippen LogP) is -0.483. The zero-order chi connectivity index (χ0) is 9.97. The van der Waals surface area contributed by atoms with Gasteiger partial charge in [-0.2, -0.15) is 0 Å². The van der Waals surface area contributed by atoms with Crippen molar-refractivity contribution in [2.75, 3.05) is 6.54 Å². The molecule has 3 atom stereocenters. The van der Waals surface area contributed by atoms with Crippen LogP contribution in [0.4, 0.5) is 0 Å². The van der Waals surface area contributed by atoms with Gasteiger partial charge in [-0.15, -0.1) is 0 Å². The summed E-state index contributed by atoms with van der Waals surface area (Å²) < 4.78 is 5.66. The first-order valence-corrected chi connectivity index (χ1v) is 5.21. The van der Waals surface area contributed by atoms with Crippen LogP contribution in [0.15, 0.2) is 4.99 Å². The number of nitrogens with two attached hydrogens (primary N) is 2. The highest BCUT2D eigenvalue weighted by Crippen LogP contribution is 2.27. The quantitative estimate of drug-likeness (QED) is 0.422. The van der Waals surface area contributed by atoms with Gasteiger partial charge in [-0.1, -0.05) is 0 Å². The highest BCUT2D eigenvalue weighted by atomic mass is 16.5. The van der Waals surface area contributed by atoms with Gasteiger partial charge in [0.1, 0.15) is 6.23 Å². The molecule has 2 saturated heterocycles. The standard InChI is InChI=1S/C9H18N4O/c10-9(11)12-4-3-6-5-7-1-2-8(13-6)14-7/h6-8,13H,1-5H2,(H4,10,11,12). The Bertz CT molecular complexity index is 215. The van der Waals surface area contributed by atoms with Gasteiger partial charge >= 0.3 is 0 Å². The van der Waals surface area contributed by atoms with Crippen LogP contribution in [0.3, 0.4) is 0 Å². The third kappa shape index (κ3) is 2.36. The maximum absolute atomic E-state index is 5.66.